The number of hydrogen-bond acceptors (Lipinski definition) is 0. The minimum atomic E-state index is 1.02. The Morgan fingerprint density at radius 2 is 0.964 bits per heavy atom. The van der Waals surface area contributed by atoms with Gasteiger partial charge in [0.1, 0.15) is 0 Å². The monoisotopic (exact) mass is 364 g/mol. The van der Waals surface area contributed by atoms with Crippen molar-refractivity contribution in [3.05, 3.63) is 125 Å². The topological polar surface area (TPSA) is 0 Å². The van der Waals surface area contributed by atoms with Crippen LogP contribution >= 0.6 is 0 Å². The van der Waals surface area contributed by atoms with Gasteiger partial charge in [0.25, 0.3) is 0 Å². The first-order valence-corrected chi connectivity index (χ1v) is 9.89. The molecule has 3 aromatic rings. The van der Waals surface area contributed by atoms with Crippen LogP contribution < -0.4 is 0 Å². The number of rotatable bonds is 9. The van der Waals surface area contributed by atoms with Crippen molar-refractivity contribution in [3.8, 4) is 0 Å². The molecule has 0 amide bonds. The Kier molecular flexibility index (Phi) is 6.81. The van der Waals surface area contributed by atoms with Gasteiger partial charge in [-0.05, 0) is 64.6 Å². The van der Waals surface area contributed by atoms with Gasteiger partial charge in [0.2, 0.25) is 0 Å². The van der Waals surface area contributed by atoms with E-state index < -0.39 is 0 Å². The average Bonchev–Trinajstić information content (AvgIpc) is 2.77. The van der Waals surface area contributed by atoms with Crippen molar-refractivity contribution >= 4 is 18.2 Å². The van der Waals surface area contributed by atoms with E-state index in [1.807, 2.05) is 18.2 Å². The first-order chi connectivity index (χ1) is 13.7. The molecule has 0 aromatic heterocycles. The van der Waals surface area contributed by atoms with Gasteiger partial charge in [-0.2, -0.15) is 0 Å². The Morgan fingerprint density at radius 3 is 1.46 bits per heavy atom. The summed E-state index contributed by atoms with van der Waals surface area (Å²) >= 11 is 0. The van der Waals surface area contributed by atoms with Crippen molar-refractivity contribution in [3.63, 3.8) is 0 Å². The smallest absolute Gasteiger partial charge is 0.0230 e. The summed E-state index contributed by atoms with van der Waals surface area (Å²) in [5.74, 6) is 0. The molecule has 0 bridgehead atoms. The van der Waals surface area contributed by atoms with E-state index in [1.54, 1.807) is 0 Å². The molecule has 0 radical (unpaired) electrons. The van der Waals surface area contributed by atoms with Crippen molar-refractivity contribution in [2.45, 2.75) is 25.7 Å². The Morgan fingerprint density at radius 1 is 0.500 bits per heavy atom. The molecule has 3 rings (SSSR count). The van der Waals surface area contributed by atoms with Crippen molar-refractivity contribution in [2.24, 2.45) is 0 Å². The number of benzene rings is 3. The Labute approximate surface area is 169 Å². The maximum atomic E-state index is 3.99. The fourth-order valence-corrected chi connectivity index (χ4v) is 3.44. The Hall–Kier alpha value is -3.12. The van der Waals surface area contributed by atoms with Gasteiger partial charge in [0.15, 0.2) is 0 Å². The summed E-state index contributed by atoms with van der Waals surface area (Å²) < 4.78 is 0. The van der Waals surface area contributed by atoms with Crippen LogP contribution in [0.4, 0.5) is 0 Å². The second-order valence-electron chi connectivity index (χ2n) is 7.13. The van der Waals surface area contributed by atoms with Gasteiger partial charge in [-0.1, -0.05) is 105 Å². The molecule has 28 heavy (non-hydrogen) atoms. The Balaban J connectivity index is 1.66. The first-order valence-electron chi connectivity index (χ1n) is 9.89. The highest BCUT2D eigenvalue weighted by atomic mass is 14.1. The van der Waals surface area contributed by atoms with Crippen molar-refractivity contribution in [1.29, 1.82) is 0 Å². The molecule has 0 N–H and O–H groups in total. The van der Waals surface area contributed by atoms with Crippen LogP contribution in [0, 0.1) is 0 Å². The highest BCUT2D eigenvalue weighted by molar-refractivity contribution is 5.53. The molecule has 0 saturated heterocycles. The van der Waals surface area contributed by atoms with Crippen molar-refractivity contribution in [2.75, 3.05) is 0 Å². The van der Waals surface area contributed by atoms with Crippen LogP contribution in [0.3, 0.4) is 0 Å². The maximum absolute atomic E-state index is 3.99. The average molecular weight is 365 g/mol. The summed E-state index contributed by atoms with van der Waals surface area (Å²) in [4.78, 5) is 0. The van der Waals surface area contributed by atoms with Crippen LogP contribution in [0.1, 0.15) is 38.9 Å². The van der Waals surface area contributed by atoms with Gasteiger partial charge in [0, 0.05) is 0 Å². The van der Waals surface area contributed by atoms with Gasteiger partial charge >= 0.3 is 0 Å². The van der Waals surface area contributed by atoms with E-state index in [1.165, 1.54) is 38.9 Å². The molecule has 0 nitrogen and oxygen atoms in total. The van der Waals surface area contributed by atoms with Gasteiger partial charge in [0.05, 0.1) is 0 Å². The van der Waals surface area contributed by atoms with Crippen molar-refractivity contribution in [1.82, 2.24) is 0 Å². The number of aryl methyl sites for hydroxylation is 4. The zero-order valence-corrected chi connectivity index (χ0v) is 16.5. The summed E-state index contributed by atoms with van der Waals surface area (Å²) in [5.41, 5.74) is 9.05. The van der Waals surface area contributed by atoms with Gasteiger partial charge in [-0.15, -0.1) is 0 Å². The zero-order chi connectivity index (χ0) is 19.8. The lowest BCUT2D eigenvalue weighted by molar-refractivity contribution is 0.928. The second kappa shape index (κ2) is 9.71. The summed E-state index contributed by atoms with van der Waals surface area (Å²) in [6, 6.07) is 24.1. The van der Waals surface area contributed by atoms with Crippen LogP contribution in [0.25, 0.3) is 18.2 Å². The minimum Gasteiger partial charge on any atom is -0.0985 e. The van der Waals surface area contributed by atoms with E-state index in [0.717, 1.165) is 25.7 Å². The summed E-state index contributed by atoms with van der Waals surface area (Å²) in [6.45, 7) is 11.6. The van der Waals surface area contributed by atoms with E-state index >= 15 is 0 Å². The largest absolute Gasteiger partial charge is 0.0985 e. The molecule has 0 aliphatic heterocycles. The summed E-state index contributed by atoms with van der Waals surface area (Å²) in [6.07, 6.45) is 9.89. The van der Waals surface area contributed by atoms with Crippen LogP contribution in [-0.4, -0.2) is 0 Å². The molecule has 0 aliphatic carbocycles. The van der Waals surface area contributed by atoms with Gasteiger partial charge in [-0.25, -0.2) is 0 Å². The normalized spacial score (nSPS) is 10.4. The maximum Gasteiger partial charge on any atom is -0.0230 e. The van der Waals surface area contributed by atoms with E-state index in [9.17, 15) is 0 Å². The van der Waals surface area contributed by atoms with Crippen molar-refractivity contribution < 1.29 is 0 Å². The fraction of sp³-hybridized carbons (Fsp3) is 0.143. The molecular formula is C28H28. The predicted molar refractivity (Wildman–Crippen MR) is 124 cm³/mol. The number of hydrogen-bond donors (Lipinski definition) is 0. The first kappa shape index (κ1) is 19.6. The second-order valence-corrected chi connectivity index (χ2v) is 7.13. The molecule has 0 aliphatic rings. The molecular weight excluding hydrogens is 336 g/mol. The van der Waals surface area contributed by atoms with E-state index in [2.05, 4.69) is 86.5 Å². The third-order valence-electron chi connectivity index (χ3n) is 5.24. The molecule has 0 heterocycles. The molecule has 3 aromatic carbocycles. The zero-order valence-electron chi connectivity index (χ0n) is 16.5. The SMILES string of the molecule is C=Cc1ccc(CCc2ccc(C=C)c(CCc3ccc(C=C)cc3)c2)cc1. The molecule has 0 atom stereocenters. The van der Waals surface area contributed by atoms with E-state index in [0.29, 0.717) is 0 Å². The molecule has 0 heteroatoms. The molecule has 0 unspecified atom stereocenters. The molecule has 140 valence electrons. The lowest BCUT2D eigenvalue weighted by atomic mass is 9.95. The van der Waals surface area contributed by atoms with E-state index in [-0.39, 0.29) is 0 Å². The lowest BCUT2D eigenvalue weighted by Gasteiger charge is -2.10. The predicted octanol–water partition coefficient (Wildman–Crippen LogP) is 7.19. The Bertz CT molecular complexity index is 940. The van der Waals surface area contributed by atoms with Crippen LogP contribution in [0.2, 0.25) is 0 Å². The molecule has 0 fully saturated rings. The summed E-state index contributed by atoms with van der Waals surface area (Å²) in [7, 11) is 0. The van der Waals surface area contributed by atoms with Gasteiger partial charge < -0.3 is 0 Å². The fourth-order valence-electron chi connectivity index (χ4n) is 3.44. The van der Waals surface area contributed by atoms with Crippen LogP contribution in [0.5, 0.6) is 0 Å². The summed E-state index contributed by atoms with van der Waals surface area (Å²) in [5, 5.41) is 0. The quantitative estimate of drug-likeness (QED) is 0.377. The van der Waals surface area contributed by atoms with Crippen LogP contribution in [0.15, 0.2) is 86.5 Å². The third kappa shape index (κ3) is 5.20. The highest BCUT2D eigenvalue weighted by Crippen LogP contribution is 2.19. The highest BCUT2D eigenvalue weighted by Gasteiger charge is 2.04. The van der Waals surface area contributed by atoms with Gasteiger partial charge in [-0.3, -0.25) is 0 Å². The van der Waals surface area contributed by atoms with Crippen LogP contribution in [-0.2, 0) is 25.7 Å². The van der Waals surface area contributed by atoms with E-state index in [4.69, 9.17) is 0 Å². The molecule has 0 spiro atoms. The standard InChI is InChI=1S/C28H28/c1-4-22-7-11-24(12-8-22)15-16-26-18-19-27(6-3)28(21-26)20-17-25-13-9-23(5-2)10-14-25/h4-14,18-19,21H,1-3,15-17,20H2. The lowest BCUT2D eigenvalue weighted by Crippen LogP contribution is -1.98. The molecule has 0 saturated carbocycles. The third-order valence-corrected chi connectivity index (χ3v) is 5.24. The minimum absolute atomic E-state index is 1.02.